The maximum absolute atomic E-state index is 12.4. The molecule has 0 bridgehead atoms. The van der Waals surface area contributed by atoms with Crippen LogP contribution in [0.1, 0.15) is 54.4 Å². The summed E-state index contributed by atoms with van der Waals surface area (Å²) in [6, 6.07) is 0. The van der Waals surface area contributed by atoms with Crippen LogP contribution in [0.15, 0.2) is 0 Å². The van der Waals surface area contributed by atoms with E-state index in [1.807, 2.05) is 14.1 Å². The summed E-state index contributed by atoms with van der Waals surface area (Å²) in [5.74, 6) is -1.45. The Labute approximate surface area is 169 Å². The Bertz CT molecular complexity index is 633. The van der Waals surface area contributed by atoms with Crippen molar-refractivity contribution in [1.29, 1.82) is 0 Å². The van der Waals surface area contributed by atoms with Crippen molar-refractivity contribution in [2.24, 2.45) is 11.3 Å². The molecule has 166 valence electrons. The summed E-state index contributed by atoms with van der Waals surface area (Å²) in [5.41, 5.74) is -1.41. The van der Waals surface area contributed by atoms with Gasteiger partial charge in [0, 0.05) is 6.42 Å². The SMILES string of the molecule is CC(CC(C)(C)C(=O)OCC[N+](C)(C)CCCS(=O)(=O)O)C(=O)OC(C)(C)C. The van der Waals surface area contributed by atoms with Crippen LogP contribution in [-0.2, 0) is 29.2 Å². The van der Waals surface area contributed by atoms with Gasteiger partial charge in [-0.15, -0.1) is 0 Å². The first-order valence-electron chi connectivity index (χ1n) is 9.52. The number of hydrogen-bond acceptors (Lipinski definition) is 6. The minimum absolute atomic E-state index is 0.182. The zero-order valence-corrected chi connectivity index (χ0v) is 19.4. The molecule has 0 fully saturated rings. The molecular formula is C19H38NO7S+. The van der Waals surface area contributed by atoms with Crippen LogP contribution < -0.4 is 0 Å². The summed E-state index contributed by atoms with van der Waals surface area (Å²) in [5, 5.41) is 0. The molecule has 0 aliphatic heterocycles. The highest BCUT2D eigenvalue weighted by Gasteiger charge is 2.35. The van der Waals surface area contributed by atoms with Gasteiger partial charge in [0.05, 0.1) is 37.7 Å². The highest BCUT2D eigenvalue weighted by Crippen LogP contribution is 2.28. The number of carbonyl (C=O) groups excluding carboxylic acids is 2. The van der Waals surface area contributed by atoms with Gasteiger partial charge >= 0.3 is 11.9 Å². The molecule has 8 nitrogen and oxygen atoms in total. The van der Waals surface area contributed by atoms with Crippen LogP contribution in [0.3, 0.4) is 0 Å². The monoisotopic (exact) mass is 424 g/mol. The molecular weight excluding hydrogens is 386 g/mol. The first-order chi connectivity index (χ1) is 12.3. The summed E-state index contributed by atoms with van der Waals surface area (Å²) in [7, 11) is -0.170. The molecule has 0 saturated heterocycles. The average Bonchev–Trinajstić information content (AvgIpc) is 2.42. The maximum Gasteiger partial charge on any atom is 0.311 e. The lowest BCUT2D eigenvalue weighted by Crippen LogP contribution is -2.44. The standard InChI is InChI=1S/C19H37NO7S/c1-15(16(21)27-18(2,3)4)14-19(5,6)17(22)26-12-11-20(7,8)10-9-13-28(23,24)25/h15H,9-14H2,1-8H3/p+1. The smallest absolute Gasteiger partial charge is 0.311 e. The lowest BCUT2D eigenvalue weighted by atomic mass is 9.83. The van der Waals surface area contributed by atoms with Crippen LogP contribution in [-0.4, -0.2) is 74.5 Å². The van der Waals surface area contributed by atoms with E-state index >= 15 is 0 Å². The van der Waals surface area contributed by atoms with Crippen molar-refractivity contribution in [2.75, 3.05) is 39.5 Å². The normalized spacial score (nSPS) is 14.5. The second-order valence-corrected chi connectivity index (χ2v) is 11.3. The Balaban J connectivity index is 4.50. The maximum atomic E-state index is 12.4. The van der Waals surface area contributed by atoms with Crippen molar-refractivity contribution in [1.82, 2.24) is 0 Å². The van der Waals surface area contributed by atoms with Crippen LogP contribution in [0.4, 0.5) is 0 Å². The first-order valence-corrected chi connectivity index (χ1v) is 11.1. The van der Waals surface area contributed by atoms with Crippen molar-refractivity contribution >= 4 is 22.1 Å². The molecule has 28 heavy (non-hydrogen) atoms. The van der Waals surface area contributed by atoms with E-state index < -0.39 is 27.1 Å². The number of carbonyl (C=O) groups is 2. The van der Waals surface area contributed by atoms with Gasteiger partial charge in [-0.3, -0.25) is 14.1 Å². The lowest BCUT2D eigenvalue weighted by Gasteiger charge is -2.31. The predicted octanol–water partition coefficient (Wildman–Crippen LogP) is 2.28. The molecule has 0 aromatic rings. The largest absolute Gasteiger partial charge is 0.460 e. The Kier molecular flexibility index (Phi) is 9.60. The van der Waals surface area contributed by atoms with E-state index in [0.717, 1.165) is 0 Å². The van der Waals surface area contributed by atoms with Gasteiger partial charge in [0.2, 0.25) is 0 Å². The molecule has 0 spiro atoms. The van der Waals surface area contributed by atoms with Crippen LogP contribution in [0.2, 0.25) is 0 Å². The number of ether oxygens (including phenoxy) is 2. The molecule has 0 aliphatic rings. The molecule has 1 unspecified atom stereocenters. The van der Waals surface area contributed by atoms with Gasteiger partial charge < -0.3 is 14.0 Å². The molecule has 0 radical (unpaired) electrons. The number of esters is 2. The molecule has 0 rings (SSSR count). The van der Waals surface area contributed by atoms with Gasteiger partial charge in [-0.1, -0.05) is 6.92 Å². The van der Waals surface area contributed by atoms with Crippen molar-refractivity contribution in [3.8, 4) is 0 Å². The fourth-order valence-corrected chi connectivity index (χ4v) is 3.20. The highest BCUT2D eigenvalue weighted by atomic mass is 32.2. The summed E-state index contributed by atoms with van der Waals surface area (Å²) in [6.45, 7) is 11.8. The van der Waals surface area contributed by atoms with E-state index in [1.165, 1.54) is 0 Å². The van der Waals surface area contributed by atoms with E-state index in [2.05, 4.69) is 0 Å². The zero-order valence-electron chi connectivity index (χ0n) is 18.6. The third-order valence-electron chi connectivity index (χ3n) is 4.27. The van der Waals surface area contributed by atoms with Crippen LogP contribution >= 0.6 is 0 Å². The van der Waals surface area contributed by atoms with Gasteiger partial charge in [0.25, 0.3) is 10.1 Å². The summed E-state index contributed by atoms with van der Waals surface area (Å²) >= 11 is 0. The van der Waals surface area contributed by atoms with E-state index in [9.17, 15) is 18.0 Å². The summed E-state index contributed by atoms with van der Waals surface area (Å²) in [4.78, 5) is 24.6. The second kappa shape index (κ2) is 10.0. The van der Waals surface area contributed by atoms with Crippen LogP contribution in [0.25, 0.3) is 0 Å². The lowest BCUT2D eigenvalue weighted by molar-refractivity contribution is -0.890. The molecule has 0 aromatic heterocycles. The van der Waals surface area contributed by atoms with E-state index in [0.29, 0.717) is 30.4 Å². The first kappa shape index (κ1) is 26.8. The Hall–Kier alpha value is -1.19. The minimum atomic E-state index is -3.96. The molecule has 1 atom stereocenters. The minimum Gasteiger partial charge on any atom is -0.460 e. The van der Waals surface area contributed by atoms with Crippen LogP contribution in [0, 0.1) is 11.3 Å². The van der Waals surface area contributed by atoms with Crippen LogP contribution in [0.5, 0.6) is 0 Å². The Morgan fingerprint density at radius 3 is 2.07 bits per heavy atom. The number of quaternary nitrogens is 1. The molecule has 0 aromatic carbocycles. The molecule has 0 aliphatic carbocycles. The average molecular weight is 425 g/mol. The topological polar surface area (TPSA) is 107 Å². The Morgan fingerprint density at radius 2 is 1.61 bits per heavy atom. The fourth-order valence-electron chi connectivity index (χ4n) is 2.70. The van der Waals surface area contributed by atoms with Gasteiger partial charge in [-0.25, -0.2) is 0 Å². The molecule has 0 saturated carbocycles. The zero-order chi connectivity index (χ0) is 22.4. The predicted molar refractivity (Wildman–Crippen MR) is 107 cm³/mol. The Morgan fingerprint density at radius 1 is 1.07 bits per heavy atom. The van der Waals surface area contributed by atoms with Gasteiger partial charge in [0.15, 0.2) is 0 Å². The van der Waals surface area contributed by atoms with Crippen molar-refractivity contribution in [2.45, 2.75) is 60.0 Å². The van der Waals surface area contributed by atoms with Gasteiger partial charge in [-0.2, -0.15) is 8.42 Å². The van der Waals surface area contributed by atoms with E-state index in [1.54, 1.807) is 41.5 Å². The van der Waals surface area contributed by atoms with Gasteiger partial charge in [-0.05, 0) is 41.0 Å². The molecule has 9 heteroatoms. The summed E-state index contributed by atoms with van der Waals surface area (Å²) < 4.78 is 41.6. The van der Waals surface area contributed by atoms with E-state index in [-0.39, 0.29) is 24.3 Å². The third-order valence-corrected chi connectivity index (χ3v) is 5.08. The van der Waals surface area contributed by atoms with Crippen molar-refractivity contribution in [3.63, 3.8) is 0 Å². The second-order valence-electron chi connectivity index (χ2n) is 9.68. The highest BCUT2D eigenvalue weighted by molar-refractivity contribution is 7.85. The molecule has 0 heterocycles. The number of rotatable bonds is 11. The van der Waals surface area contributed by atoms with Crippen molar-refractivity contribution in [3.05, 3.63) is 0 Å². The fraction of sp³-hybridized carbons (Fsp3) is 0.895. The third kappa shape index (κ3) is 12.3. The summed E-state index contributed by atoms with van der Waals surface area (Å²) in [6.07, 6.45) is 0.631. The number of nitrogens with zero attached hydrogens (tertiary/aromatic N) is 1. The number of hydrogen-bond donors (Lipinski definition) is 1. The number of likely N-dealkylation sites (N-methyl/N-ethyl adjacent to an activating group) is 1. The van der Waals surface area contributed by atoms with Crippen molar-refractivity contribution < 1.29 is 36.5 Å². The quantitative estimate of drug-likeness (QED) is 0.308. The van der Waals surface area contributed by atoms with Gasteiger partial charge in [0.1, 0.15) is 18.8 Å². The van der Waals surface area contributed by atoms with E-state index in [4.69, 9.17) is 14.0 Å². The molecule has 0 amide bonds. The molecule has 1 N–H and O–H groups in total.